The molecular formula is C43H91BrN2O. The topological polar surface area (TPSA) is 58.3 Å². The van der Waals surface area contributed by atoms with Crippen LogP contribution in [0.1, 0.15) is 246 Å². The summed E-state index contributed by atoms with van der Waals surface area (Å²) in [4.78, 5) is 0. The van der Waals surface area contributed by atoms with Crippen molar-refractivity contribution in [3.63, 3.8) is 0 Å². The molecule has 0 aliphatic heterocycles. The molecule has 0 saturated carbocycles. The summed E-state index contributed by atoms with van der Waals surface area (Å²) in [5.41, 5.74) is 6.88. The molecule has 0 aliphatic rings. The zero-order valence-electron chi connectivity index (χ0n) is 33.0. The number of rotatable bonds is 39. The number of aliphatic hydroxyl groups is 1. The molecule has 0 fully saturated rings. The van der Waals surface area contributed by atoms with Crippen molar-refractivity contribution >= 4 is 17.0 Å². The molecule has 0 radical (unpaired) electrons. The van der Waals surface area contributed by atoms with E-state index in [1.54, 1.807) is 0 Å². The maximum absolute atomic E-state index is 9.44. The molecule has 0 aliphatic carbocycles. The highest BCUT2D eigenvalue weighted by Crippen LogP contribution is 2.28. The monoisotopic (exact) mass is 731 g/mol. The van der Waals surface area contributed by atoms with Crippen LogP contribution in [0.2, 0.25) is 0 Å². The Balaban J connectivity index is 0. The third-order valence-corrected chi connectivity index (χ3v) is 10.9. The molecule has 0 aromatic carbocycles. The fraction of sp³-hybridized carbons (Fsp3) is 1.00. The van der Waals surface area contributed by atoms with Crippen LogP contribution in [-0.2, 0) is 0 Å². The number of unbranched alkanes of at least 4 members (excludes halogenated alkanes) is 30. The van der Waals surface area contributed by atoms with Gasteiger partial charge in [0.25, 0.3) is 0 Å². The lowest BCUT2D eigenvalue weighted by Gasteiger charge is -2.39. The summed E-state index contributed by atoms with van der Waals surface area (Å²) >= 11 is 0. The fourth-order valence-corrected chi connectivity index (χ4v) is 7.66. The van der Waals surface area contributed by atoms with E-state index in [4.69, 9.17) is 5.73 Å². The molecule has 0 amide bonds. The van der Waals surface area contributed by atoms with E-state index in [9.17, 15) is 5.11 Å². The van der Waals surface area contributed by atoms with E-state index in [-0.39, 0.29) is 35.2 Å². The summed E-state index contributed by atoms with van der Waals surface area (Å²) in [7, 11) is 0. The van der Waals surface area contributed by atoms with Crippen LogP contribution in [0.4, 0.5) is 0 Å². The number of halogens is 1. The Bertz CT molecular complexity index is 572. The molecule has 47 heavy (non-hydrogen) atoms. The minimum Gasteiger partial charge on any atom is -0.395 e. The normalized spacial score (nSPS) is 13.1. The molecule has 0 bridgehead atoms. The lowest BCUT2D eigenvalue weighted by Crippen LogP contribution is -2.53. The van der Waals surface area contributed by atoms with Gasteiger partial charge >= 0.3 is 0 Å². The van der Waals surface area contributed by atoms with Crippen LogP contribution in [-0.4, -0.2) is 29.8 Å². The zero-order valence-corrected chi connectivity index (χ0v) is 34.8. The molecule has 4 heteroatoms. The largest absolute Gasteiger partial charge is 0.395 e. The second-order valence-corrected chi connectivity index (χ2v) is 15.8. The molecule has 2 unspecified atom stereocenters. The van der Waals surface area contributed by atoms with Gasteiger partial charge in [0.15, 0.2) is 0 Å². The first-order valence-electron chi connectivity index (χ1n) is 21.6. The fourth-order valence-electron chi connectivity index (χ4n) is 7.66. The SMILES string of the molecule is Br.CCCCCCCCCCCCCCCCCCC(N)C(CCCCCCCCCCCCCCCCCC)C(C)(C)NCCO. The average Bonchev–Trinajstić information content (AvgIpc) is 3.04. The Hall–Kier alpha value is 0.360. The molecule has 0 spiro atoms. The maximum atomic E-state index is 9.44. The highest BCUT2D eigenvalue weighted by molar-refractivity contribution is 8.93. The van der Waals surface area contributed by atoms with Gasteiger partial charge in [-0.25, -0.2) is 0 Å². The van der Waals surface area contributed by atoms with Crippen molar-refractivity contribution in [2.24, 2.45) is 11.7 Å². The van der Waals surface area contributed by atoms with Crippen molar-refractivity contribution in [2.75, 3.05) is 13.2 Å². The third-order valence-electron chi connectivity index (χ3n) is 10.9. The quantitative estimate of drug-likeness (QED) is 0.0552. The van der Waals surface area contributed by atoms with Gasteiger partial charge in [-0.05, 0) is 32.6 Å². The number of hydrogen-bond acceptors (Lipinski definition) is 3. The summed E-state index contributed by atoms with van der Waals surface area (Å²) in [5.74, 6) is 0.474. The standard InChI is InChI=1S/C43H90N2O.BrH/c1-5-7-9-11-13-15-17-19-21-23-25-27-29-31-33-35-37-41(43(3,4)45-39-40-46)42(44)38-36-34-32-30-28-26-24-22-20-18-16-14-12-10-8-6-2;/h41-42,45-46H,5-40,44H2,1-4H3;1H. The van der Waals surface area contributed by atoms with Crippen LogP contribution < -0.4 is 11.1 Å². The molecule has 0 aromatic rings. The molecule has 2 atom stereocenters. The summed E-state index contributed by atoms with van der Waals surface area (Å²) in [6.45, 7) is 10.1. The second-order valence-electron chi connectivity index (χ2n) is 15.8. The van der Waals surface area contributed by atoms with Crippen molar-refractivity contribution in [2.45, 2.75) is 258 Å². The molecule has 286 valence electrons. The summed E-state index contributed by atoms with van der Waals surface area (Å²) in [6.07, 6.45) is 47.7. The molecule has 4 N–H and O–H groups in total. The number of β-amino-alcohol motifs (C(OH)–C–C–N with tert-alkyl or cyclic N) is 1. The van der Waals surface area contributed by atoms with E-state index in [0.717, 1.165) is 6.42 Å². The van der Waals surface area contributed by atoms with Gasteiger partial charge in [0, 0.05) is 18.1 Å². The lowest BCUT2D eigenvalue weighted by atomic mass is 9.77. The van der Waals surface area contributed by atoms with E-state index >= 15 is 0 Å². The van der Waals surface area contributed by atoms with E-state index in [0.29, 0.717) is 12.5 Å². The predicted octanol–water partition coefficient (Wildman–Crippen LogP) is 14.2. The smallest absolute Gasteiger partial charge is 0.0556 e. The van der Waals surface area contributed by atoms with Crippen LogP contribution in [0.15, 0.2) is 0 Å². The van der Waals surface area contributed by atoms with Crippen LogP contribution in [0.25, 0.3) is 0 Å². The molecule has 0 aromatic heterocycles. The Morgan fingerprint density at radius 1 is 0.447 bits per heavy atom. The number of nitrogens with one attached hydrogen (secondary N) is 1. The Morgan fingerprint density at radius 2 is 0.702 bits per heavy atom. The molecule has 0 saturated heterocycles. The van der Waals surface area contributed by atoms with E-state index < -0.39 is 0 Å². The van der Waals surface area contributed by atoms with Gasteiger partial charge in [-0.15, -0.1) is 17.0 Å². The van der Waals surface area contributed by atoms with Gasteiger partial charge in [-0.1, -0.05) is 219 Å². The minimum absolute atomic E-state index is 0. The first-order chi connectivity index (χ1) is 22.5. The summed E-state index contributed by atoms with van der Waals surface area (Å²) in [5, 5.41) is 13.1. The van der Waals surface area contributed by atoms with E-state index in [2.05, 4.69) is 33.0 Å². The van der Waals surface area contributed by atoms with Crippen molar-refractivity contribution in [1.82, 2.24) is 5.32 Å². The first kappa shape index (κ1) is 49.5. The van der Waals surface area contributed by atoms with Crippen molar-refractivity contribution in [3.8, 4) is 0 Å². The first-order valence-corrected chi connectivity index (χ1v) is 21.6. The number of aliphatic hydroxyl groups excluding tert-OH is 1. The van der Waals surface area contributed by atoms with E-state index in [1.807, 2.05) is 0 Å². The molecule has 3 nitrogen and oxygen atoms in total. The second kappa shape index (κ2) is 39.2. The Kier molecular flexibility index (Phi) is 41.2. The lowest BCUT2D eigenvalue weighted by molar-refractivity contribution is 0.176. The van der Waals surface area contributed by atoms with Crippen LogP contribution in [0.5, 0.6) is 0 Å². The van der Waals surface area contributed by atoms with Gasteiger partial charge in [-0.3, -0.25) is 0 Å². The van der Waals surface area contributed by atoms with Gasteiger partial charge < -0.3 is 16.2 Å². The van der Waals surface area contributed by atoms with Crippen LogP contribution in [0, 0.1) is 5.92 Å². The van der Waals surface area contributed by atoms with Crippen LogP contribution in [0.3, 0.4) is 0 Å². The Labute approximate surface area is 308 Å². The van der Waals surface area contributed by atoms with Gasteiger partial charge in [-0.2, -0.15) is 0 Å². The van der Waals surface area contributed by atoms with Gasteiger partial charge in [0.1, 0.15) is 0 Å². The summed E-state index contributed by atoms with van der Waals surface area (Å²) in [6, 6.07) is 0.254. The molecule has 0 rings (SSSR count). The van der Waals surface area contributed by atoms with Gasteiger partial charge in [0.2, 0.25) is 0 Å². The number of hydrogen-bond donors (Lipinski definition) is 3. The minimum atomic E-state index is -0.0211. The highest BCUT2D eigenvalue weighted by atomic mass is 79.9. The highest BCUT2D eigenvalue weighted by Gasteiger charge is 2.32. The van der Waals surface area contributed by atoms with Crippen molar-refractivity contribution in [1.29, 1.82) is 0 Å². The van der Waals surface area contributed by atoms with Gasteiger partial charge in [0.05, 0.1) is 6.61 Å². The van der Waals surface area contributed by atoms with Crippen LogP contribution >= 0.6 is 17.0 Å². The van der Waals surface area contributed by atoms with Crippen molar-refractivity contribution < 1.29 is 5.11 Å². The van der Waals surface area contributed by atoms with E-state index in [1.165, 1.54) is 212 Å². The molecular weight excluding hydrogens is 640 g/mol. The third kappa shape index (κ3) is 34.6. The zero-order chi connectivity index (χ0) is 33.8. The molecule has 0 heterocycles. The maximum Gasteiger partial charge on any atom is 0.0556 e. The Morgan fingerprint density at radius 3 is 0.979 bits per heavy atom. The average molecular weight is 732 g/mol. The van der Waals surface area contributed by atoms with Crippen molar-refractivity contribution in [3.05, 3.63) is 0 Å². The number of nitrogens with two attached hydrogens (primary N) is 1. The predicted molar refractivity (Wildman–Crippen MR) is 219 cm³/mol. The summed E-state index contributed by atoms with van der Waals surface area (Å²) < 4.78 is 0.